The second kappa shape index (κ2) is 9.31. The summed E-state index contributed by atoms with van der Waals surface area (Å²) in [6.07, 6.45) is -4.78. The third-order valence-electron chi connectivity index (χ3n) is 4.02. The molecule has 0 aromatic heterocycles. The summed E-state index contributed by atoms with van der Waals surface area (Å²) >= 11 is 0. The van der Waals surface area contributed by atoms with Crippen LogP contribution in [0, 0.1) is 13.8 Å². The van der Waals surface area contributed by atoms with Crippen LogP contribution in [-0.4, -0.2) is 43.3 Å². The fourth-order valence-electron chi connectivity index (χ4n) is 2.30. The molecule has 0 bridgehead atoms. The van der Waals surface area contributed by atoms with Gasteiger partial charge in [0.1, 0.15) is 11.5 Å². The van der Waals surface area contributed by atoms with E-state index in [2.05, 4.69) is 10.1 Å². The van der Waals surface area contributed by atoms with Gasteiger partial charge in [0.2, 0.25) is 5.91 Å². The van der Waals surface area contributed by atoms with Crippen LogP contribution in [0.1, 0.15) is 11.1 Å². The first-order valence-corrected chi connectivity index (χ1v) is 8.63. The van der Waals surface area contributed by atoms with Crippen molar-refractivity contribution in [3.8, 4) is 11.5 Å². The molecule has 2 aromatic rings. The summed E-state index contributed by atoms with van der Waals surface area (Å²) in [7, 11) is 1.45. The predicted molar refractivity (Wildman–Crippen MR) is 101 cm³/mol. The lowest BCUT2D eigenvalue weighted by Crippen LogP contribution is -2.37. The Labute approximate surface area is 166 Å². The van der Waals surface area contributed by atoms with Gasteiger partial charge >= 0.3 is 6.36 Å². The molecule has 0 fully saturated rings. The van der Waals surface area contributed by atoms with Gasteiger partial charge in [-0.3, -0.25) is 9.59 Å². The second-order valence-corrected chi connectivity index (χ2v) is 6.40. The van der Waals surface area contributed by atoms with Gasteiger partial charge in [0.15, 0.2) is 6.61 Å². The summed E-state index contributed by atoms with van der Waals surface area (Å²) in [5.74, 6) is -0.740. The highest BCUT2D eigenvalue weighted by Crippen LogP contribution is 2.24. The number of ether oxygens (including phenoxy) is 2. The van der Waals surface area contributed by atoms with Crippen molar-refractivity contribution in [2.24, 2.45) is 0 Å². The van der Waals surface area contributed by atoms with E-state index in [9.17, 15) is 22.8 Å². The first kappa shape index (κ1) is 22.1. The molecule has 6 nitrogen and oxygen atoms in total. The molecule has 0 unspecified atom stereocenters. The van der Waals surface area contributed by atoms with Gasteiger partial charge in [-0.1, -0.05) is 6.07 Å². The number of carbonyl (C=O) groups excluding carboxylic acids is 2. The Morgan fingerprint density at radius 2 is 1.62 bits per heavy atom. The molecular formula is C20H21F3N2O4. The van der Waals surface area contributed by atoms with Gasteiger partial charge in [-0.2, -0.15) is 0 Å². The van der Waals surface area contributed by atoms with Gasteiger partial charge in [0.25, 0.3) is 5.91 Å². The lowest BCUT2D eigenvalue weighted by molar-refractivity contribution is -0.274. The van der Waals surface area contributed by atoms with Crippen LogP contribution in [0.5, 0.6) is 11.5 Å². The molecule has 0 radical (unpaired) electrons. The number of rotatable bonds is 7. The van der Waals surface area contributed by atoms with E-state index in [0.717, 1.165) is 23.3 Å². The van der Waals surface area contributed by atoms with E-state index in [4.69, 9.17) is 4.74 Å². The average Bonchev–Trinajstić information content (AvgIpc) is 2.62. The van der Waals surface area contributed by atoms with Gasteiger partial charge in [0.05, 0.1) is 6.54 Å². The SMILES string of the molecule is Cc1ccc(OCC(=O)N(C)CC(=O)Nc2ccc(OC(F)(F)F)cc2)cc1C. The molecule has 0 spiro atoms. The highest BCUT2D eigenvalue weighted by molar-refractivity contribution is 5.94. The Kier molecular flexibility index (Phi) is 7.08. The average molecular weight is 410 g/mol. The number of amides is 2. The van der Waals surface area contributed by atoms with E-state index in [1.165, 1.54) is 24.1 Å². The number of nitrogens with one attached hydrogen (secondary N) is 1. The normalized spacial score (nSPS) is 11.0. The Hall–Kier alpha value is -3.23. The van der Waals surface area contributed by atoms with Crippen LogP contribution >= 0.6 is 0 Å². The molecule has 0 aliphatic rings. The third-order valence-corrected chi connectivity index (χ3v) is 4.02. The number of nitrogens with zero attached hydrogens (tertiary/aromatic N) is 1. The first-order chi connectivity index (χ1) is 13.5. The van der Waals surface area contributed by atoms with E-state index in [0.29, 0.717) is 5.75 Å². The fourth-order valence-corrected chi connectivity index (χ4v) is 2.30. The number of likely N-dealkylation sites (N-methyl/N-ethyl adjacent to an activating group) is 1. The van der Waals surface area contributed by atoms with E-state index in [-0.39, 0.29) is 18.8 Å². The molecule has 0 saturated carbocycles. The first-order valence-electron chi connectivity index (χ1n) is 8.63. The smallest absolute Gasteiger partial charge is 0.484 e. The van der Waals surface area contributed by atoms with Gasteiger partial charge < -0.3 is 19.7 Å². The molecule has 0 aliphatic carbocycles. The molecule has 156 valence electrons. The molecule has 9 heteroatoms. The van der Waals surface area contributed by atoms with Crippen molar-refractivity contribution in [1.29, 1.82) is 0 Å². The van der Waals surface area contributed by atoms with Crippen molar-refractivity contribution < 1.29 is 32.2 Å². The molecule has 2 amide bonds. The number of benzene rings is 2. The number of hydrogen-bond acceptors (Lipinski definition) is 4. The van der Waals surface area contributed by atoms with Crippen LogP contribution in [0.15, 0.2) is 42.5 Å². The quantitative estimate of drug-likeness (QED) is 0.756. The maximum atomic E-state index is 12.1. The lowest BCUT2D eigenvalue weighted by Gasteiger charge is -2.17. The van der Waals surface area contributed by atoms with Crippen LogP contribution < -0.4 is 14.8 Å². The maximum absolute atomic E-state index is 12.1. The zero-order chi connectivity index (χ0) is 21.6. The van der Waals surface area contributed by atoms with Crippen molar-refractivity contribution in [1.82, 2.24) is 4.90 Å². The van der Waals surface area contributed by atoms with Gasteiger partial charge in [-0.15, -0.1) is 13.2 Å². The van der Waals surface area contributed by atoms with Crippen molar-refractivity contribution >= 4 is 17.5 Å². The van der Waals surface area contributed by atoms with Crippen molar-refractivity contribution in [3.05, 3.63) is 53.6 Å². The molecule has 29 heavy (non-hydrogen) atoms. The lowest BCUT2D eigenvalue weighted by atomic mass is 10.1. The largest absolute Gasteiger partial charge is 0.573 e. The standard InChI is InChI=1S/C20H21F3N2O4/c1-13-4-7-17(10-14(13)2)28-12-19(27)25(3)11-18(26)24-15-5-8-16(9-6-15)29-20(21,22)23/h4-10H,11-12H2,1-3H3,(H,24,26). The molecule has 0 saturated heterocycles. The monoisotopic (exact) mass is 410 g/mol. The van der Waals surface area contributed by atoms with Crippen LogP contribution in [0.25, 0.3) is 0 Å². The molecule has 0 aliphatic heterocycles. The number of carbonyl (C=O) groups is 2. The summed E-state index contributed by atoms with van der Waals surface area (Å²) in [6, 6.07) is 10.2. The Balaban J connectivity index is 1.81. The number of anilines is 1. The zero-order valence-electron chi connectivity index (χ0n) is 16.2. The van der Waals surface area contributed by atoms with Crippen molar-refractivity contribution in [2.45, 2.75) is 20.2 Å². The summed E-state index contributed by atoms with van der Waals surface area (Å²) in [5.41, 5.74) is 2.42. The minimum atomic E-state index is -4.78. The van der Waals surface area contributed by atoms with Gasteiger partial charge in [-0.05, 0) is 61.4 Å². The van der Waals surface area contributed by atoms with Crippen LogP contribution in [-0.2, 0) is 9.59 Å². The highest BCUT2D eigenvalue weighted by Gasteiger charge is 2.31. The summed E-state index contributed by atoms with van der Waals surface area (Å²) in [6.45, 7) is 3.43. The highest BCUT2D eigenvalue weighted by atomic mass is 19.4. The minimum Gasteiger partial charge on any atom is -0.484 e. The molecule has 2 rings (SSSR count). The zero-order valence-corrected chi connectivity index (χ0v) is 16.2. The molecular weight excluding hydrogens is 389 g/mol. The fraction of sp³-hybridized carbons (Fsp3) is 0.300. The van der Waals surface area contributed by atoms with E-state index >= 15 is 0 Å². The third kappa shape index (κ3) is 7.36. The van der Waals surface area contributed by atoms with E-state index in [1.807, 2.05) is 26.0 Å². The second-order valence-electron chi connectivity index (χ2n) is 6.40. The minimum absolute atomic E-state index is 0.226. The number of halogens is 3. The Morgan fingerprint density at radius 3 is 2.21 bits per heavy atom. The van der Waals surface area contributed by atoms with Crippen LogP contribution in [0.3, 0.4) is 0 Å². The topological polar surface area (TPSA) is 67.9 Å². The van der Waals surface area contributed by atoms with Crippen molar-refractivity contribution in [3.63, 3.8) is 0 Å². The number of aryl methyl sites for hydroxylation is 2. The van der Waals surface area contributed by atoms with Crippen molar-refractivity contribution in [2.75, 3.05) is 25.5 Å². The van der Waals surface area contributed by atoms with E-state index < -0.39 is 23.9 Å². The summed E-state index contributed by atoms with van der Waals surface area (Å²) in [5, 5.41) is 2.49. The Bertz CT molecular complexity index is 867. The molecule has 2 aromatic carbocycles. The number of hydrogen-bond donors (Lipinski definition) is 1. The maximum Gasteiger partial charge on any atom is 0.573 e. The van der Waals surface area contributed by atoms with Gasteiger partial charge in [0, 0.05) is 12.7 Å². The predicted octanol–water partition coefficient (Wildman–Crippen LogP) is 3.68. The van der Waals surface area contributed by atoms with Crippen LogP contribution in [0.2, 0.25) is 0 Å². The van der Waals surface area contributed by atoms with Gasteiger partial charge in [-0.25, -0.2) is 0 Å². The van der Waals surface area contributed by atoms with Crippen LogP contribution in [0.4, 0.5) is 18.9 Å². The number of alkyl halides is 3. The Morgan fingerprint density at radius 1 is 1.00 bits per heavy atom. The van der Waals surface area contributed by atoms with E-state index in [1.54, 1.807) is 6.07 Å². The summed E-state index contributed by atoms with van der Waals surface area (Å²) < 4.78 is 45.6. The molecule has 0 atom stereocenters. The molecule has 0 heterocycles. The molecule has 1 N–H and O–H groups in total. The summed E-state index contributed by atoms with van der Waals surface area (Å²) in [4.78, 5) is 25.4.